The van der Waals surface area contributed by atoms with Gasteiger partial charge in [-0.2, -0.15) is 11.3 Å². The van der Waals surface area contributed by atoms with Gasteiger partial charge in [-0.3, -0.25) is 9.97 Å². The summed E-state index contributed by atoms with van der Waals surface area (Å²) in [6.45, 7) is 0.671. The number of hydrogen-bond donors (Lipinski definition) is 1. The molecule has 0 atom stereocenters. The summed E-state index contributed by atoms with van der Waals surface area (Å²) in [5.41, 5.74) is 3.13. The van der Waals surface area contributed by atoms with Crippen LogP contribution >= 0.6 is 11.3 Å². The molecule has 1 aliphatic rings. The molecule has 0 spiro atoms. The smallest absolute Gasteiger partial charge is 0.240 e. The molecule has 0 fully saturated rings. The average Bonchev–Trinajstić information content (AvgIpc) is 3.31. The highest BCUT2D eigenvalue weighted by Gasteiger charge is 2.20. The Labute approximate surface area is 149 Å². The van der Waals surface area contributed by atoms with Gasteiger partial charge in [0.05, 0.1) is 29.4 Å². The van der Waals surface area contributed by atoms with Crippen LogP contribution in [0.5, 0.6) is 5.75 Å². The summed E-state index contributed by atoms with van der Waals surface area (Å²) in [5.74, 6) is 0.757. The molecule has 0 bridgehead atoms. The number of aromatic nitrogens is 2. The van der Waals surface area contributed by atoms with Crippen molar-refractivity contribution in [3.8, 4) is 17.0 Å². The van der Waals surface area contributed by atoms with Crippen LogP contribution in [0.2, 0.25) is 0 Å². The fraction of sp³-hybridized carbons (Fsp3) is 0.176. The number of thiophene rings is 1. The van der Waals surface area contributed by atoms with Gasteiger partial charge in [-0.05, 0) is 35.2 Å². The largest absolute Gasteiger partial charge is 0.493 e. The zero-order valence-corrected chi connectivity index (χ0v) is 14.8. The third kappa shape index (κ3) is 3.28. The van der Waals surface area contributed by atoms with E-state index in [0.29, 0.717) is 18.0 Å². The monoisotopic (exact) mass is 373 g/mol. The molecule has 0 saturated carbocycles. The van der Waals surface area contributed by atoms with E-state index in [1.165, 1.54) is 0 Å². The first kappa shape index (κ1) is 16.2. The Morgan fingerprint density at radius 1 is 1.20 bits per heavy atom. The Morgan fingerprint density at radius 3 is 2.92 bits per heavy atom. The maximum atomic E-state index is 12.6. The Morgan fingerprint density at radius 2 is 2.08 bits per heavy atom. The molecule has 8 heteroatoms. The van der Waals surface area contributed by atoms with Crippen molar-refractivity contribution >= 4 is 21.4 Å². The summed E-state index contributed by atoms with van der Waals surface area (Å²) in [5, 5.41) is 3.91. The van der Waals surface area contributed by atoms with Crippen molar-refractivity contribution in [3.05, 3.63) is 58.7 Å². The fourth-order valence-corrected chi connectivity index (χ4v) is 4.39. The molecular formula is C17H15N3O3S2. The van der Waals surface area contributed by atoms with Gasteiger partial charge < -0.3 is 4.74 Å². The Balaban J connectivity index is 1.57. The molecule has 0 unspecified atom stereocenters. The predicted molar refractivity (Wildman–Crippen MR) is 95.0 cm³/mol. The molecule has 0 aliphatic carbocycles. The van der Waals surface area contributed by atoms with Gasteiger partial charge >= 0.3 is 0 Å². The summed E-state index contributed by atoms with van der Waals surface area (Å²) < 4.78 is 33.2. The number of nitrogens with one attached hydrogen (secondary N) is 1. The molecule has 128 valence electrons. The standard InChI is InChI=1S/C17H15N3O3S2/c21-25(22,14-1-2-16-12(9-14)3-7-23-16)20-10-15-17(19-6-5-18-15)13-4-8-24-11-13/h1-2,4-6,8-9,11,20H,3,7,10H2. The lowest BCUT2D eigenvalue weighted by atomic mass is 10.2. The van der Waals surface area contributed by atoms with Gasteiger partial charge in [0.15, 0.2) is 0 Å². The fourth-order valence-electron chi connectivity index (χ4n) is 2.71. The number of ether oxygens (including phenoxy) is 1. The van der Waals surface area contributed by atoms with E-state index in [4.69, 9.17) is 4.74 Å². The lowest BCUT2D eigenvalue weighted by Gasteiger charge is -2.10. The molecule has 1 aromatic carbocycles. The highest BCUT2D eigenvalue weighted by molar-refractivity contribution is 7.89. The molecule has 1 N–H and O–H groups in total. The third-order valence-corrected chi connectivity index (χ3v) is 6.05. The summed E-state index contributed by atoms with van der Waals surface area (Å²) in [7, 11) is -3.64. The van der Waals surface area contributed by atoms with Gasteiger partial charge in [-0.15, -0.1) is 0 Å². The Bertz CT molecular complexity index is 1000. The zero-order valence-electron chi connectivity index (χ0n) is 13.2. The first-order chi connectivity index (χ1) is 12.1. The Kier molecular flexibility index (Phi) is 4.24. The van der Waals surface area contributed by atoms with Crippen LogP contribution in [-0.2, 0) is 23.0 Å². The van der Waals surface area contributed by atoms with Crippen LogP contribution in [-0.4, -0.2) is 25.0 Å². The second-order valence-electron chi connectivity index (χ2n) is 5.56. The SMILES string of the molecule is O=S(=O)(NCc1nccnc1-c1ccsc1)c1ccc2c(c1)CCO2. The number of fused-ring (bicyclic) bond motifs is 1. The minimum Gasteiger partial charge on any atom is -0.493 e. The normalized spacial score (nSPS) is 13.4. The van der Waals surface area contributed by atoms with E-state index >= 15 is 0 Å². The summed E-state index contributed by atoms with van der Waals surface area (Å²) in [4.78, 5) is 8.85. The van der Waals surface area contributed by atoms with E-state index in [2.05, 4.69) is 14.7 Å². The number of sulfonamides is 1. The lowest BCUT2D eigenvalue weighted by Crippen LogP contribution is -2.24. The predicted octanol–water partition coefficient (Wildman–Crippen LogP) is 2.62. The van der Waals surface area contributed by atoms with Gasteiger partial charge in [0.2, 0.25) is 10.0 Å². The zero-order chi connectivity index (χ0) is 17.3. The number of hydrogen-bond acceptors (Lipinski definition) is 6. The third-order valence-electron chi connectivity index (χ3n) is 3.97. The summed E-state index contributed by atoms with van der Waals surface area (Å²) >= 11 is 1.56. The highest BCUT2D eigenvalue weighted by atomic mass is 32.2. The second kappa shape index (κ2) is 6.55. The van der Waals surface area contributed by atoms with Gasteiger partial charge in [0.1, 0.15) is 5.75 Å². The minimum atomic E-state index is -3.64. The molecule has 3 heterocycles. The topological polar surface area (TPSA) is 81.2 Å². The van der Waals surface area contributed by atoms with E-state index in [-0.39, 0.29) is 11.4 Å². The Hall–Kier alpha value is -2.29. The summed E-state index contributed by atoms with van der Waals surface area (Å²) in [6, 6.07) is 6.87. The molecule has 6 nitrogen and oxygen atoms in total. The van der Waals surface area contributed by atoms with E-state index < -0.39 is 10.0 Å². The van der Waals surface area contributed by atoms with Crippen LogP contribution in [0.1, 0.15) is 11.3 Å². The molecule has 0 saturated heterocycles. The van der Waals surface area contributed by atoms with E-state index in [0.717, 1.165) is 23.3 Å². The maximum absolute atomic E-state index is 12.6. The minimum absolute atomic E-state index is 0.0783. The maximum Gasteiger partial charge on any atom is 0.240 e. The first-order valence-electron chi connectivity index (χ1n) is 7.71. The van der Waals surface area contributed by atoms with Crippen molar-refractivity contribution in [2.45, 2.75) is 17.9 Å². The number of nitrogens with zero attached hydrogens (tertiary/aromatic N) is 2. The summed E-state index contributed by atoms with van der Waals surface area (Å²) in [6.07, 6.45) is 3.89. The second-order valence-corrected chi connectivity index (χ2v) is 8.10. The first-order valence-corrected chi connectivity index (χ1v) is 10.1. The van der Waals surface area contributed by atoms with E-state index in [1.54, 1.807) is 41.9 Å². The van der Waals surface area contributed by atoms with Crippen molar-refractivity contribution in [3.63, 3.8) is 0 Å². The molecule has 3 aromatic rings. The van der Waals surface area contributed by atoms with Crippen molar-refractivity contribution in [1.82, 2.24) is 14.7 Å². The van der Waals surface area contributed by atoms with Crippen molar-refractivity contribution in [1.29, 1.82) is 0 Å². The van der Waals surface area contributed by atoms with Crippen LogP contribution in [0.4, 0.5) is 0 Å². The van der Waals surface area contributed by atoms with Crippen LogP contribution in [0.25, 0.3) is 11.3 Å². The van der Waals surface area contributed by atoms with Gasteiger partial charge in [-0.1, -0.05) is 0 Å². The number of benzene rings is 1. The van der Waals surface area contributed by atoms with Crippen LogP contribution in [0, 0.1) is 0 Å². The van der Waals surface area contributed by atoms with Crippen LogP contribution in [0.15, 0.2) is 52.3 Å². The van der Waals surface area contributed by atoms with Gasteiger partial charge in [0.25, 0.3) is 0 Å². The van der Waals surface area contributed by atoms with E-state index in [1.807, 2.05) is 16.8 Å². The van der Waals surface area contributed by atoms with Gasteiger partial charge in [0, 0.05) is 29.8 Å². The molecule has 4 rings (SSSR count). The van der Waals surface area contributed by atoms with Crippen LogP contribution < -0.4 is 9.46 Å². The molecule has 25 heavy (non-hydrogen) atoms. The van der Waals surface area contributed by atoms with Crippen molar-refractivity contribution in [2.24, 2.45) is 0 Å². The lowest BCUT2D eigenvalue weighted by molar-refractivity contribution is 0.356. The van der Waals surface area contributed by atoms with Crippen LogP contribution in [0.3, 0.4) is 0 Å². The average molecular weight is 373 g/mol. The number of rotatable bonds is 5. The highest BCUT2D eigenvalue weighted by Crippen LogP contribution is 2.28. The van der Waals surface area contributed by atoms with Gasteiger partial charge in [-0.25, -0.2) is 13.1 Å². The molecular weight excluding hydrogens is 358 g/mol. The molecule has 0 amide bonds. The molecule has 1 aliphatic heterocycles. The molecule has 0 radical (unpaired) electrons. The molecule has 2 aromatic heterocycles. The van der Waals surface area contributed by atoms with E-state index in [9.17, 15) is 8.42 Å². The van der Waals surface area contributed by atoms with Crippen molar-refractivity contribution in [2.75, 3.05) is 6.61 Å². The van der Waals surface area contributed by atoms with Crippen molar-refractivity contribution < 1.29 is 13.2 Å². The quantitative estimate of drug-likeness (QED) is 0.743.